The second kappa shape index (κ2) is 7.67. The van der Waals surface area contributed by atoms with Crippen LogP contribution in [0, 0.1) is 0 Å². The van der Waals surface area contributed by atoms with Crippen LogP contribution in [0.2, 0.25) is 10.0 Å². The second-order valence-electron chi connectivity index (χ2n) is 5.25. The van der Waals surface area contributed by atoms with Crippen molar-refractivity contribution in [3.8, 4) is 0 Å². The lowest BCUT2D eigenvalue weighted by molar-refractivity contribution is -0.121. The normalized spacial score (nSPS) is 23.1. The van der Waals surface area contributed by atoms with Gasteiger partial charge in [-0.05, 0) is 30.5 Å². The molecule has 1 aromatic rings. The summed E-state index contributed by atoms with van der Waals surface area (Å²) in [6.07, 6.45) is 6.17. The number of carbonyl (C=O) groups excluding carboxylic acids is 1. The average Bonchev–Trinajstić information content (AvgIpc) is 2.59. The van der Waals surface area contributed by atoms with E-state index in [0.717, 1.165) is 18.4 Å². The molecule has 0 saturated heterocycles. The van der Waals surface area contributed by atoms with Crippen LogP contribution in [-0.4, -0.2) is 16.8 Å². The van der Waals surface area contributed by atoms with Gasteiger partial charge in [0.1, 0.15) is 0 Å². The largest absolute Gasteiger partial charge is 0.352 e. The fraction of sp³-hybridized carbons (Fsp3) is 0.533. The molecule has 2 rings (SSSR count). The number of halogens is 3. The molecule has 0 spiro atoms. The molecule has 2 unspecified atom stereocenters. The smallest absolute Gasteiger partial charge is 0.224 e. The maximum Gasteiger partial charge on any atom is 0.224 e. The molecule has 1 amide bonds. The van der Waals surface area contributed by atoms with Crippen molar-refractivity contribution >= 4 is 45.0 Å². The summed E-state index contributed by atoms with van der Waals surface area (Å²) in [5.74, 6) is 0.0414. The first kappa shape index (κ1) is 16.1. The highest BCUT2D eigenvalue weighted by molar-refractivity contribution is 9.09. The van der Waals surface area contributed by atoms with Gasteiger partial charge < -0.3 is 5.32 Å². The first-order chi connectivity index (χ1) is 9.56. The van der Waals surface area contributed by atoms with Crippen LogP contribution >= 0.6 is 39.1 Å². The number of hydrogen-bond donors (Lipinski definition) is 1. The third-order valence-electron chi connectivity index (χ3n) is 3.63. The van der Waals surface area contributed by atoms with Crippen molar-refractivity contribution in [2.45, 2.75) is 49.4 Å². The fourth-order valence-electron chi connectivity index (χ4n) is 2.52. The molecule has 1 N–H and O–H groups in total. The molecule has 0 aliphatic heterocycles. The van der Waals surface area contributed by atoms with Crippen LogP contribution in [0.3, 0.4) is 0 Å². The van der Waals surface area contributed by atoms with E-state index in [2.05, 4.69) is 21.2 Å². The van der Waals surface area contributed by atoms with E-state index in [9.17, 15) is 4.79 Å². The van der Waals surface area contributed by atoms with E-state index in [1.165, 1.54) is 19.3 Å². The Hall–Kier alpha value is -0.250. The number of hydrogen-bond acceptors (Lipinski definition) is 1. The molecular formula is C15H18BrCl2NO. The molecule has 1 aromatic carbocycles. The summed E-state index contributed by atoms with van der Waals surface area (Å²) in [6, 6.07) is 5.55. The van der Waals surface area contributed by atoms with Crippen LogP contribution in [0.1, 0.15) is 37.7 Å². The van der Waals surface area contributed by atoms with Gasteiger partial charge in [0.15, 0.2) is 0 Å². The van der Waals surface area contributed by atoms with Crippen molar-refractivity contribution in [2.24, 2.45) is 0 Å². The van der Waals surface area contributed by atoms with E-state index >= 15 is 0 Å². The third kappa shape index (κ3) is 4.64. The first-order valence-electron chi connectivity index (χ1n) is 6.93. The Kier molecular flexibility index (Phi) is 6.19. The summed E-state index contributed by atoms with van der Waals surface area (Å²) in [6.45, 7) is 0. The molecule has 5 heteroatoms. The van der Waals surface area contributed by atoms with Gasteiger partial charge in [0.2, 0.25) is 5.91 Å². The standard InChI is InChI=1S/C15H18BrCl2NO/c16-11-4-2-1-3-5-14(11)19-15(20)9-10-6-7-12(17)13(18)8-10/h6-8,11,14H,1-5,9H2,(H,19,20). The molecule has 0 aromatic heterocycles. The third-order valence-corrected chi connectivity index (χ3v) is 5.46. The Morgan fingerprint density at radius 2 is 1.95 bits per heavy atom. The van der Waals surface area contributed by atoms with Gasteiger partial charge in [-0.1, -0.05) is 64.5 Å². The van der Waals surface area contributed by atoms with Crippen molar-refractivity contribution in [1.29, 1.82) is 0 Å². The Bertz CT molecular complexity index is 481. The summed E-state index contributed by atoms with van der Waals surface area (Å²) in [7, 11) is 0. The lowest BCUT2D eigenvalue weighted by Gasteiger charge is -2.21. The zero-order valence-electron chi connectivity index (χ0n) is 11.2. The van der Waals surface area contributed by atoms with E-state index in [1.807, 2.05) is 6.07 Å². The van der Waals surface area contributed by atoms with Gasteiger partial charge in [-0.2, -0.15) is 0 Å². The molecule has 110 valence electrons. The monoisotopic (exact) mass is 377 g/mol. The molecule has 0 bridgehead atoms. The van der Waals surface area contributed by atoms with Crippen LogP contribution in [-0.2, 0) is 11.2 Å². The van der Waals surface area contributed by atoms with Crippen molar-refractivity contribution in [3.05, 3.63) is 33.8 Å². The van der Waals surface area contributed by atoms with Gasteiger partial charge in [-0.3, -0.25) is 4.79 Å². The predicted molar refractivity (Wildman–Crippen MR) is 87.9 cm³/mol. The highest BCUT2D eigenvalue weighted by Crippen LogP contribution is 2.25. The SMILES string of the molecule is O=C(Cc1ccc(Cl)c(Cl)c1)NC1CCCCCC1Br. The Labute approximate surface area is 138 Å². The summed E-state index contributed by atoms with van der Waals surface area (Å²) in [5.41, 5.74) is 0.886. The topological polar surface area (TPSA) is 29.1 Å². The maximum atomic E-state index is 12.1. The van der Waals surface area contributed by atoms with Crippen LogP contribution in [0.25, 0.3) is 0 Å². The molecule has 0 radical (unpaired) electrons. The Morgan fingerprint density at radius 3 is 2.70 bits per heavy atom. The lowest BCUT2D eigenvalue weighted by Crippen LogP contribution is -2.41. The second-order valence-corrected chi connectivity index (χ2v) is 7.24. The van der Waals surface area contributed by atoms with Crippen molar-refractivity contribution in [3.63, 3.8) is 0 Å². The summed E-state index contributed by atoms with van der Waals surface area (Å²) in [4.78, 5) is 12.5. The number of nitrogens with one attached hydrogen (secondary N) is 1. The van der Waals surface area contributed by atoms with Gasteiger partial charge in [0.25, 0.3) is 0 Å². The molecule has 1 aliphatic carbocycles. The van der Waals surface area contributed by atoms with Gasteiger partial charge in [0.05, 0.1) is 16.5 Å². The van der Waals surface area contributed by atoms with E-state index < -0.39 is 0 Å². The van der Waals surface area contributed by atoms with Crippen molar-refractivity contribution < 1.29 is 4.79 Å². The Balaban J connectivity index is 1.92. The van der Waals surface area contributed by atoms with Crippen LogP contribution in [0.4, 0.5) is 0 Å². The zero-order valence-corrected chi connectivity index (χ0v) is 14.3. The molecule has 2 atom stereocenters. The number of amides is 1. The van der Waals surface area contributed by atoms with Crippen molar-refractivity contribution in [2.75, 3.05) is 0 Å². The van der Waals surface area contributed by atoms with E-state index in [4.69, 9.17) is 23.2 Å². The minimum atomic E-state index is 0.0414. The summed E-state index contributed by atoms with van der Waals surface area (Å²) >= 11 is 15.5. The van der Waals surface area contributed by atoms with Crippen LogP contribution in [0.5, 0.6) is 0 Å². The number of rotatable bonds is 3. The number of alkyl halides is 1. The van der Waals surface area contributed by atoms with Crippen LogP contribution in [0.15, 0.2) is 18.2 Å². The lowest BCUT2D eigenvalue weighted by atomic mass is 10.1. The van der Waals surface area contributed by atoms with Gasteiger partial charge >= 0.3 is 0 Å². The summed E-state index contributed by atoms with van der Waals surface area (Å²) in [5, 5.41) is 4.13. The van der Waals surface area contributed by atoms with Gasteiger partial charge in [0, 0.05) is 10.9 Å². The molecule has 1 fully saturated rings. The molecule has 20 heavy (non-hydrogen) atoms. The predicted octanol–water partition coefficient (Wildman–Crippen LogP) is 4.75. The van der Waals surface area contributed by atoms with Gasteiger partial charge in [-0.25, -0.2) is 0 Å². The molecular weight excluding hydrogens is 361 g/mol. The fourth-order valence-corrected chi connectivity index (χ4v) is 3.56. The van der Waals surface area contributed by atoms with Crippen molar-refractivity contribution in [1.82, 2.24) is 5.32 Å². The summed E-state index contributed by atoms with van der Waals surface area (Å²) < 4.78 is 0. The average molecular weight is 379 g/mol. The van der Waals surface area contributed by atoms with Gasteiger partial charge in [-0.15, -0.1) is 0 Å². The molecule has 1 saturated carbocycles. The highest BCUT2D eigenvalue weighted by atomic mass is 79.9. The first-order valence-corrected chi connectivity index (χ1v) is 8.61. The maximum absolute atomic E-state index is 12.1. The minimum absolute atomic E-state index is 0.0414. The van der Waals surface area contributed by atoms with Crippen LogP contribution < -0.4 is 5.32 Å². The molecule has 1 aliphatic rings. The quantitative estimate of drug-likeness (QED) is 0.596. The highest BCUT2D eigenvalue weighted by Gasteiger charge is 2.22. The molecule has 2 nitrogen and oxygen atoms in total. The van der Waals surface area contributed by atoms with E-state index in [-0.39, 0.29) is 11.9 Å². The Morgan fingerprint density at radius 1 is 1.20 bits per heavy atom. The molecule has 0 heterocycles. The number of benzene rings is 1. The number of carbonyl (C=O) groups is 1. The van der Waals surface area contributed by atoms with E-state index in [0.29, 0.717) is 21.3 Å². The minimum Gasteiger partial charge on any atom is -0.352 e. The zero-order chi connectivity index (χ0) is 14.5. The van der Waals surface area contributed by atoms with E-state index in [1.54, 1.807) is 12.1 Å².